The Balaban J connectivity index is 1.46. The lowest BCUT2D eigenvalue weighted by Gasteiger charge is -2.28. The molecule has 5 rings (SSSR count). The Bertz CT molecular complexity index is 1270. The molecule has 9 heteroatoms. The molecule has 0 saturated heterocycles. The largest absolute Gasteiger partial charge is 0.351 e. The first-order valence-electron chi connectivity index (χ1n) is 11.7. The van der Waals surface area contributed by atoms with E-state index in [9.17, 15) is 8.42 Å². The maximum absolute atomic E-state index is 13.1. The van der Waals surface area contributed by atoms with E-state index in [0.717, 1.165) is 52.2 Å². The number of rotatable bonds is 5. The predicted molar refractivity (Wildman–Crippen MR) is 137 cm³/mol. The summed E-state index contributed by atoms with van der Waals surface area (Å²) in [7, 11) is -3.46. The minimum absolute atomic E-state index is 0.417. The minimum Gasteiger partial charge on any atom is -0.351 e. The second kappa shape index (κ2) is 8.43. The zero-order chi connectivity index (χ0) is 23.2. The van der Waals surface area contributed by atoms with Crippen LogP contribution in [-0.2, 0) is 16.4 Å². The highest BCUT2D eigenvalue weighted by molar-refractivity contribution is 7.94. The van der Waals surface area contributed by atoms with Crippen LogP contribution >= 0.6 is 11.3 Å². The van der Waals surface area contributed by atoms with Crippen molar-refractivity contribution in [3.8, 4) is 0 Å². The molecule has 0 spiro atoms. The highest BCUT2D eigenvalue weighted by Gasteiger charge is 2.38. The number of anilines is 4. The van der Waals surface area contributed by atoms with Gasteiger partial charge in [-0.2, -0.15) is 4.98 Å². The Kier molecular flexibility index (Phi) is 5.73. The number of nitrogens with one attached hydrogen (secondary N) is 2. The first-order valence-corrected chi connectivity index (χ1v) is 14.0. The molecule has 2 aromatic heterocycles. The number of fused-ring (bicyclic) bond motifs is 2. The van der Waals surface area contributed by atoms with Crippen LogP contribution in [0.5, 0.6) is 0 Å². The van der Waals surface area contributed by atoms with Crippen LogP contribution in [-0.4, -0.2) is 35.7 Å². The third-order valence-electron chi connectivity index (χ3n) is 6.53. The van der Waals surface area contributed by atoms with Gasteiger partial charge in [-0.05, 0) is 69.2 Å². The molecule has 0 atom stereocenters. The van der Waals surface area contributed by atoms with E-state index in [4.69, 9.17) is 9.97 Å². The average molecular weight is 486 g/mol. The van der Waals surface area contributed by atoms with Crippen LogP contribution < -0.4 is 14.9 Å². The first-order chi connectivity index (χ1) is 15.7. The van der Waals surface area contributed by atoms with Gasteiger partial charge < -0.3 is 10.6 Å². The van der Waals surface area contributed by atoms with Crippen LogP contribution in [0.4, 0.5) is 23.1 Å². The lowest BCUT2D eigenvalue weighted by Crippen LogP contribution is -2.42. The molecule has 33 heavy (non-hydrogen) atoms. The van der Waals surface area contributed by atoms with Crippen LogP contribution in [0.3, 0.4) is 0 Å². The Morgan fingerprint density at radius 2 is 1.88 bits per heavy atom. The van der Waals surface area contributed by atoms with Gasteiger partial charge in [-0.1, -0.05) is 25.3 Å². The third kappa shape index (κ3) is 4.28. The van der Waals surface area contributed by atoms with Crippen molar-refractivity contribution in [3.63, 3.8) is 0 Å². The van der Waals surface area contributed by atoms with Crippen molar-refractivity contribution in [2.45, 2.75) is 70.1 Å². The molecular formula is C24H31N5O2S2. The van der Waals surface area contributed by atoms with Gasteiger partial charge in [0.15, 0.2) is 0 Å². The highest BCUT2D eigenvalue weighted by atomic mass is 32.2. The summed E-state index contributed by atoms with van der Waals surface area (Å²) in [6.07, 6.45) is 6.81. The van der Waals surface area contributed by atoms with Crippen LogP contribution in [0.25, 0.3) is 10.2 Å². The summed E-state index contributed by atoms with van der Waals surface area (Å²) in [6, 6.07) is 8.39. The average Bonchev–Trinajstić information content (AvgIpc) is 3.40. The summed E-state index contributed by atoms with van der Waals surface area (Å²) in [4.78, 5) is 10.5. The molecule has 1 aliphatic carbocycles. The molecule has 0 radical (unpaired) electrons. The van der Waals surface area contributed by atoms with Gasteiger partial charge in [0.2, 0.25) is 16.0 Å². The Morgan fingerprint density at radius 1 is 1.09 bits per heavy atom. The number of sulfonamides is 1. The fourth-order valence-electron chi connectivity index (χ4n) is 4.59. The zero-order valence-corrected chi connectivity index (χ0v) is 21.0. The predicted octanol–water partition coefficient (Wildman–Crippen LogP) is 5.67. The molecule has 1 saturated carbocycles. The van der Waals surface area contributed by atoms with Gasteiger partial charge in [-0.3, -0.25) is 4.31 Å². The van der Waals surface area contributed by atoms with E-state index < -0.39 is 14.8 Å². The molecule has 0 bridgehead atoms. The number of hydrogen-bond donors (Lipinski definition) is 2. The fourth-order valence-corrected chi connectivity index (χ4v) is 6.77. The smallest absolute Gasteiger partial charge is 0.240 e. The first kappa shape index (κ1) is 22.4. The molecular weight excluding hydrogens is 454 g/mol. The molecule has 2 N–H and O–H groups in total. The SMILES string of the molecule is CC(C)(C)S(=O)(=O)N1CCc2ccc(Nc3nc(NC4CCCCC4)nc4sccc34)cc21. The Hall–Kier alpha value is -2.39. The van der Waals surface area contributed by atoms with Gasteiger partial charge in [0.05, 0.1) is 15.8 Å². The van der Waals surface area contributed by atoms with Gasteiger partial charge in [0.1, 0.15) is 10.6 Å². The number of hydrogen-bond acceptors (Lipinski definition) is 7. The van der Waals surface area contributed by atoms with Gasteiger partial charge >= 0.3 is 0 Å². The lowest BCUT2D eigenvalue weighted by atomic mass is 9.96. The second-order valence-corrected chi connectivity index (χ2v) is 13.4. The number of benzene rings is 1. The summed E-state index contributed by atoms with van der Waals surface area (Å²) in [5, 5.41) is 9.97. The van der Waals surface area contributed by atoms with E-state index in [1.165, 1.54) is 19.3 Å². The van der Waals surface area contributed by atoms with E-state index in [-0.39, 0.29) is 0 Å². The van der Waals surface area contributed by atoms with Gasteiger partial charge in [0.25, 0.3) is 0 Å². The molecule has 1 aromatic carbocycles. The zero-order valence-electron chi connectivity index (χ0n) is 19.4. The number of thiophene rings is 1. The third-order valence-corrected chi connectivity index (χ3v) is 9.84. The summed E-state index contributed by atoms with van der Waals surface area (Å²) in [6.45, 7) is 5.72. The molecule has 7 nitrogen and oxygen atoms in total. The molecule has 2 aliphatic rings. The van der Waals surface area contributed by atoms with Crippen LogP contribution in [0.2, 0.25) is 0 Å². The number of aromatic nitrogens is 2. The topological polar surface area (TPSA) is 87.2 Å². The lowest BCUT2D eigenvalue weighted by molar-refractivity contribution is 0.461. The molecule has 1 fully saturated rings. The van der Waals surface area contributed by atoms with E-state index in [0.29, 0.717) is 18.5 Å². The van der Waals surface area contributed by atoms with E-state index in [1.807, 2.05) is 29.6 Å². The van der Waals surface area contributed by atoms with Crippen molar-refractivity contribution in [1.29, 1.82) is 0 Å². The van der Waals surface area contributed by atoms with Crippen molar-refractivity contribution in [3.05, 3.63) is 35.2 Å². The van der Waals surface area contributed by atoms with Crippen molar-refractivity contribution in [1.82, 2.24) is 9.97 Å². The standard InChI is InChI=1S/C24H31N5O2S2/c1-24(2,3)33(30,31)29-13-11-16-9-10-18(15-20(16)29)25-21-19-12-14-32-22(19)28-23(27-21)26-17-7-5-4-6-8-17/h9-10,12,14-15,17H,4-8,11,13H2,1-3H3,(H2,25,26,27,28). The minimum atomic E-state index is -3.46. The van der Waals surface area contributed by atoms with E-state index in [1.54, 1.807) is 36.4 Å². The normalized spacial score (nSPS) is 17.4. The van der Waals surface area contributed by atoms with Crippen LogP contribution in [0.1, 0.15) is 58.4 Å². The number of nitrogens with zero attached hydrogens (tertiary/aromatic N) is 3. The molecule has 3 aromatic rings. The maximum atomic E-state index is 13.1. The summed E-state index contributed by atoms with van der Waals surface area (Å²) >= 11 is 1.60. The molecule has 0 unspecified atom stereocenters. The molecule has 0 amide bonds. The van der Waals surface area contributed by atoms with E-state index >= 15 is 0 Å². The Labute approximate surface area is 199 Å². The second-order valence-electron chi connectivity index (χ2n) is 9.92. The van der Waals surface area contributed by atoms with Crippen molar-refractivity contribution < 1.29 is 8.42 Å². The van der Waals surface area contributed by atoms with E-state index in [2.05, 4.69) is 10.6 Å². The molecule has 3 heterocycles. The molecule has 1 aliphatic heterocycles. The monoisotopic (exact) mass is 485 g/mol. The van der Waals surface area contributed by atoms with Gasteiger partial charge in [-0.25, -0.2) is 13.4 Å². The summed E-state index contributed by atoms with van der Waals surface area (Å²) in [5.74, 6) is 1.39. The highest BCUT2D eigenvalue weighted by Crippen LogP contribution is 2.37. The Morgan fingerprint density at radius 3 is 2.64 bits per heavy atom. The summed E-state index contributed by atoms with van der Waals surface area (Å²) < 4.78 is 27.0. The van der Waals surface area contributed by atoms with Crippen molar-refractivity contribution in [2.24, 2.45) is 0 Å². The van der Waals surface area contributed by atoms with Gasteiger partial charge in [-0.15, -0.1) is 11.3 Å². The van der Waals surface area contributed by atoms with Crippen molar-refractivity contribution in [2.75, 3.05) is 21.5 Å². The quantitative estimate of drug-likeness (QED) is 0.484. The van der Waals surface area contributed by atoms with Gasteiger partial charge in [0, 0.05) is 18.3 Å². The molecule has 176 valence electrons. The maximum Gasteiger partial charge on any atom is 0.240 e. The summed E-state index contributed by atoms with van der Waals surface area (Å²) in [5.41, 5.74) is 2.63. The van der Waals surface area contributed by atoms with Crippen LogP contribution in [0.15, 0.2) is 29.6 Å². The fraction of sp³-hybridized carbons (Fsp3) is 0.500. The van der Waals surface area contributed by atoms with Crippen molar-refractivity contribution >= 4 is 54.7 Å². The van der Waals surface area contributed by atoms with Crippen LogP contribution in [0, 0.1) is 0 Å².